The second-order valence-electron chi connectivity index (χ2n) is 7.79. The van der Waals surface area contributed by atoms with Crippen LogP contribution in [0.4, 0.5) is 16.6 Å². The number of hydrogen-bond donors (Lipinski definition) is 5. The van der Waals surface area contributed by atoms with E-state index in [-0.39, 0.29) is 18.8 Å². The van der Waals surface area contributed by atoms with Gasteiger partial charge >= 0.3 is 6.03 Å². The number of nitrogens with zero attached hydrogens (tertiary/aromatic N) is 2. The molecule has 9 heteroatoms. The molecular weight excluding hydrogens is 448 g/mol. The molecule has 1 fully saturated rings. The highest BCUT2D eigenvalue weighted by Crippen LogP contribution is 2.33. The summed E-state index contributed by atoms with van der Waals surface area (Å²) in [5.41, 5.74) is 2.80. The Morgan fingerprint density at radius 1 is 0.941 bits per heavy atom. The fourth-order valence-electron chi connectivity index (χ4n) is 3.75. The van der Waals surface area contributed by atoms with E-state index in [1.165, 1.54) is 0 Å². The van der Waals surface area contributed by atoms with Gasteiger partial charge in [0.15, 0.2) is 0 Å². The quantitative estimate of drug-likeness (QED) is 0.264. The van der Waals surface area contributed by atoms with E-state index in [1.807, 2.05) is 60.7 Å². The van der Waals surface area contributed by atoms with Gasteiger partial charge < -0.3 is 26.4 Å². The number of rotatable bonds is 8. The molecule has 3 aromatic carbocycles. The molecule has 8 nitrogen and oxygen atoms in total. The molecule has 1 aliphatic rings. The molecule has 1 aromatic heterocycles. The van der Waals surface area contributed by atoms with Crippen LogP contribution in [-0.4, -0.2) is 33.8 Å². The smallest absolute Gasteiger partial charge is 0.316 e. The van der Waals surface area contributed by atoms with Crippen LogP contribution in [0.15, 0.2) is 82.6 Å². The molecule has 2 amide bonds. The molecule has 0 saturated carbocycles. The van der Waals surface area contributed by atoms with Crippen molar-refractivity contribution in [3.63, 3.8) is 0 Å². The van der Waals surface area contributed by atoms with E-state index in [0.29, 0.717) is 24.9 Å². The van der Waals surface area contributed by atoms with Gasteiger partial charge in [-0.1, -0.05) is 60.3 Å². The summed E-state index contributed by atoms with van der Waals surface area (Å²) >= 11 is 1.63. The molecule has 172 valence electrons. The average Bonchev–Trinajstić information content (AvgIpc) is 3.28. The number of para-hydroxylation sites is 1. The SMILES string of the molecule is O=C1NCC(Nc2nc(NCc3ccccc3Sc3ccccc3CO)nc3ccccc23)N1. The van der Waals surface area contributed by atoms with Crippen molar-refractivity contribution in [3.8, 4) is 0 Å². The Bertz CT molecular complexity index is 1330. The third kappa shape index (κ3) is 4.90. The van der Waals surface area contributed by atoms with E-state index < -0.39 is 0 Å². The number of aromatic nitrogens is 2. The lowest BCUT2D eigenvalue weighted by molar-refractivity contribution is 0.247. The van der Waals surface area contributed by atoms with E-state index >= 15 is 0 Å². The molecule has 0 spiro atoms. The van der Waals surface area contributed by atoms with Crippen LogP contribution in [-0.2, 0) is 13.2 Å². The number of fused-ring (bicyclic) bond motifs is 1. The largest absolute Gasteiger partial charge is 0.392 e. The van der Waals surface area contributed by atoms with Crippen LogP contribution in [0.25, 0.3) is 10.9 Å². The van der Waals surface area contributed by atoms with Crippen molar-refractivity contribution in [2.75, 3.05) is 17.2 Å². The maximum absolute atomic E-state index is 11.5. The first-order valence-corrected chi connectivity index (χ1v) is 11.8. The van der Waals surface area contributed by atoms with Crippen molar-refractivity contribution in [1.29, 1.82) is 0 Å². The zero-order chi connectivity index (χ0) is 23.3. The summed E-state index contributed by atoms with van der Waals surface area (Å²) in [6.07, 6.45) is -0.248. The van der Waals surface area contributed by atoms with Gasteiger partial charge in [-0.25, -0.2) is 9.78 Å². The van der Waals surface area contributed by atoms with E-state index in [2.05, 4.69) is 38.4 Å². The lowest BCUT2D eigenvalue weighted by Gasteiger charge is -2.16. The molecule has 4 aromatic rings. The monoisotopic (exact) mass is 472 g/mol. The molecule has 34 heavy (non-hydrogen) atoms. The Morgan fingerprint density at radius 2 is 1.65 bits per heavy atom. The van der Waals surface area contributed by atoms with Crippen molar-refractivity contribution in [3.05, 3.63) is 83.9 Å². The third-order valence-electron chi connectivity index (χ3n) is 5.46. The highest BCUT2D eigenvalue weighted by atomic mass is 32.2. The van der Waals surface area contributed by atoms with Crippen LogP contribution in [0.3, 0.4) is 0 Å². The fourth-order valence-corrected chi connectivity index (χ4v) is 4.81. The lowest BCUT2D eigenvalue weighted by Crippen LogP contribution is -2.34. The van der Waals surface area contributed by atoms with Crippen LogP contribution in [0, 0.1) is 0 Å². The van der Waals surface area contributed by atoms with Gasteiger partial charge in [-0.05, 0) is 35.4 Å². The first-order valence-electron chi connectivity index (χ1n) is 11.0. The van der Waals surface area contributed by atoms with E-state index in [9.17, 15) is 9.90 Å². The van der Waals surface area contributed by atoms with Gasteiger partial charge in [-0.3, -0.25) is 0 Å². The average molecular weight is 473 g/mol. The number of anilines is 2. The predicted octanol–water partition coefficient (Wildman–Crippen LogP) is 3.94. The van der Waals surface area contributed by atoms with Gasteiger partial charge in [0.2, 0.25) is 5.95 Å². The molecule has 5 rings (SSSR count). The summed E-state index contributed by atoms with van der Waals surface area (Å²) in [4.78, 5) is 23.0. The third-order valence-corrected chi connectivity index (χ3v) is 6.70. The zero-order valence-electron chi connectivity index (χ0n) is 18.3. The number of urea groups is 1. The number of aliphatic hydroxyl groups excluding tert-OH is 1. The number of benzene rings is 3. The number of carbonyl (C=O) groups excluding carboxylic acids is 1. The summed E-state index contributed by atoms with van der Waals surface area (Å²) in [7, 11) is 0. The van der Waals surface area contributed by atoms with Crippen molar-refractivity contribution in [2.45, 2.75) is 29.1 Å². The Kier molecular flexibility index (Phi) is 6.46. The molecular formula is C25H24N6O2S. The topological polar surface area (TPSA) is 111 Å². The number of hydrogen-bond acceptors (Lipinski definition) is 7. The number of amides is 2. The van der Waals surface area contributed by atoms with Crippen LogP contribution in [0.2, 0.25) is 0 Å². The Labute approximate surface area is 201 Å². The van der Waals surface area contributed by atoms with Gasteiger partial charge in [-0.2, -0.15) is 4.98 Å². The molecule has 2 heterocycles. The van der Waals surface area contributed by atoms with Crippen LogP contribution in [0.1, 0.15) is 11.1 Å². The summed E-state index contributed by atoms with van der Waals surface area (Å²) in [5, 5.41) is 22.8. The second kappa shape index (κ2) is 9.98. The Balaban J connectivity index is 1.38. The molecule has 1 atom stereocenters. The van der Waals surface area contributed by atoms with Crippen molar-refractivity contribution >= 4 is 40.5 Å². The highest BCUT2D eigenvalue weighted by molar-refractivity contribution is 7.99. The molecule has 1 unspecified atom stereocenters. The first kappa shape index (κ1) is 22.0. The van der Waals surface area contributed by atoms with Gasteiger partial charge in [0.1, 0.15) is 12.0 Å². The zero-order valence-corrected chi connectivity index (χ0v) is 19.1. The molecule has 0 bridgehead atoms. The minimum atomic E-state index is -0.248. The number of carbonyl (C=O) groups is 1. The summed E-state index contributed by atoms with van der Waals surface area (Å²) in [6.45, 7) is 1.01. The fraction of sp³-hybridized carbons (Fsp3) is 0.160. The Morgan fingerprint density at radius 3 is 2.41 bits per heavy atom. The first-order chi connectivity index (χ1) is 16.7. The van der Waals surface area contributed by atoms with Crippen molar-refractivity contribution < 1.29 is 9.90 Å². The molecule has 0 aliphatic carbocycles. The molecule has 0 radical (unpaired) electrons. The molecule has 1 saturated heterocycles. The van der Waals surface area contributed by atoms with Gasteiger partial charge in [-0.15, -0.1) is 0 Å². The van der Waals surface area contributed by atoms with E-state index in [4.69, 9.17) is 4.98 Å². The van der Waals surface area contributed by atoms with Crippen LogP contribution >= 0.6 is 11.8 Å². The second-order valence-corrected chi connectivity index (χ2v) is 8.88. The van der Waals surface area contributed by atoms with Crippen LogP contribution < -0.4 is 21.3 Å². The standard InChI is InChI=1S/C25H24N6O2S/c32-15-17-8-2-6-12-21(17)34-20-11-5-1-7-16(20)13-26-24-28-19-10-4-3-9-18(19)23(31-24)29-22-14-27-25(33)30-22/h1-12,22,32H,13-15H2,(H2,27,30,33)(H2,26,28,29,31). The van der Waals surface area contributed by atoms with Gasteiger partial charge in [0, 0.05) is 21.7 Å². The number of aliphatic hydroxyl groups is 1. The van der Waals surface area contributed by atoms with E-state index in [1.54, 1.807) is 11.8 Å². The van der Waals surface area contributed by atoms with Crippen molar-refractivity contribution in [2.24, 2.45) is 0 Å². The predicted molar refractivity (Wildman–Crippen MR) is 134 cm³/mol. The maximum atomic E-state index is 11.5. The summed E-state index contributed by atoms with van der Waals surface area (Å²) < 4.78 is 0. The van der Waals surface area contributed by atoms with Crippen molar-refractivity contribution in [1.82, 2.24) is 20.6 Å². The Hall–Kier alpha value is -3.82. The lowest BCUT2D eigenvalue weighted by atomic mass is 10.2. The summed E-state index contributed by atoms with van der Waals surface area (Å²) in [6, 6.07) is 23.6. The van der Waals surface area contributed by atoms with E-state index in [0.717, 1.165) is 31.8 Å². The normalized spacial score (nSPS) is 15.1. The van der Waals surface area contributed by atoms with Gasteiger partial charge in [0.05, 0.1) is 18.7 Å². The minimum absolute atomic E-state index is 0.00125. The maximum Gasteiger partial charge on any atom is 0.316 e. The molecule has 1 aliphatic heterocycles. The minimum Gasteiger partial charge on any atom is -0.392 e. The summed E-state index contributed by atoms with van der Waals surface area (Å²) in [5.74, 6) is 1.15. The van der Waals surface area contributed by atoms with Crippen LogP contribution in [0.5, 0.6) is 0 Å². The number of nitrogens with one attached hydrogen (secondary N) is 4. The molecule has 5 N–H and O–H groups in total. The van der Waals surface area contributed by atoms with Gasteiger partial charge in [0.25, 0.3) is 0 Å². The highest BCUT2D eigenvalue weighted by Gasteiger charge is 2.21.